The Morgan fingerprint density at radius 3 is 2.78 bits per heavy atom. The predicted molar refractivity (Wildman–Crippen MR) is 62.2 cm³/mol. The summed E-state index contributed by atoms with van der Waals surface area (Å²) in [4.78, 5) is 14.8. The first-order chi connectivity index (χ1) is 8.36. The van der Waals surface area contributed by atoms with Crippen molar-refractivity contribution in [2.24, 2.45) is 5.73 Å². The van der Waals surface area contributed by atoms with E-state index in [9.17, 15) is 13.2 Å². The third kappa shape index (κ3) is 2.09. The Morgan fingerprint density at radius 1 is 1.56 bits per heavy atom. The molecule has 18 heavy (non-hydrogen) atoms. The van der Waals surface area contributed by atoms with Gasteiger partial charge in [0.15, 0.2) is 0 Å². The van der Waals surface area contributed by atoms with Crippen LogP contribution in [0.3, 0.4) is 0 Å². The molecule has 7 nitrogen and oxygen atoms in total. The highest BCUT2D eigenvalue weighted by Crippen LogP contribution is 2.25. The molecule has 98 valence electrons. The van der Waals surface area contributed by atoms with Crippen LogP contribution < -0.4 is 5.73 Å². The van der Waals surface area contributed by atoms with Gasteiger partial charge in [0, 0.05) is 25.5 Å². The molecule has 1 unspecified atom stereocenters. The number of hydrogen-bond donors (Lipinski definition) is 2. The minimum atomic E-state index is -3.72. The van der Waals surface area contributed by atoms with Gasteiger partial charge in [-0.05, 0) is 18.6 Å². The molecule has 8 heteroatoms. The smallest absolute Gasteiger partial charge is 0.325 e. The predicted octanol–water partition coefficient (Wildman–Crippen LogP) is -0.742. The lowest BCUT2D eigenvalue weighted by Crippen LogP contribution is -2.50. The van der Waals surface area contributed by atoms with Gasteiger partial charge in [0.05, 0.1) is 0 Å². The lowest BCUT2D eigenvalue weighted by molar-refractivity contribution is -0.142. The second-order valence-corrected chi connectivity index (χ2v) is 6.18. The van der Waals surface area contributed by atoms with E-state index in [1.807, 2.05) is 0 Å². The number of nitrogens with two attached hydrogens (primary N) is 1. The third-order valence-corrected chi connectivity index (χ3v) is 4.79. The molecule has 3 N–H and O–H groups in total. The number of carboxylic acid groups (broad SMARTS) is 1. The zero-order valence-corrected chi connectivity index (χ0v) is 10.3. The van der Waals surface area contributed by atoms with Crippen molar-refractivity contribution in [3.8, 4) is 0 Å². The van der Waals surface area contributed by atoms with Crippen molar-refractivity contribution in [1.82, 2.24) is 9.29 Å². The zero-order valence-electron chi connectivity index (χ0n) is 9.48. The number of hydrogen-bond acceptors (Lipinski definition) is 5. The van der Waals surface area contributed by atoms with Crippen molar-refractivity contribution in [1.29, 1.82) is 0 Å². The summed E-state index contributed by atoms with van der Waals surface area (Å²) in [6, 6.07) is 2.93. The van der Waals surface area contributed by atoms with Crippen LogP contribution in [-0.4, -0.2) is 47.4 Å². The van der Waals surface area contributed by atoms with Crippen LogP contribution in [0.5, 0.6) is 0 Å². The van der Waals surface area contributed by atoms with Crippen molar-refractivity contribution in [3.05, 3.63) is 24.5 Å². The molecule has 0 radical (unpaired) electrons. The van der Waals surface area contributed by atoms with Gasteiger partial charge in [-0.15, -0.1) is 0 Å². The fraction of sp³-hybridized carbons (Fsp3) is 0.400. The van der Waals surface area contributed by atoms with Crippen molar-refractivity contribution in [3.63, 3.8) is 0 Å². The molecule has 1 atom stereocenters. The van der Waals surface area contributed by atoms with Crippen LogP contribution in [0.25, 0.3) is 0 Å². The molecule has 0 aromatic carbocycles. The normalized spacial score (nSPS) is 25.2. The Hall–Kier alpha value is -1.51. The van der Waals surface area contributed by atoms with Crippen LogP contribution >= 0.6 is 0 Å². The second-order valence-electron chi connectivity index (χ2n) is 4.24. The molecule has 0 bridgehead atoms. The molecule has 1 saturated heterocycles. The van der Waals surface area contributed by atoms with Crippen molar-refractivity contribution < 1.29 is 18.3 Å². The molecule has 1 aromatic heterocycles. The van der Waals surface area contributed by atoms with Gasteiger partial charge in [0.25, 0.3) is 0 Å². The van der Waals surface area contributed by atoms with Crippen LogP contribution in [-0.2, 0) is 14.8 Å². The Balaban J connectivity index is 2.27. The third-order valence-electron chi connectivity index (χ3n) is 2.96. The summed E-state index contributed by atoms with van der Waals surface area (Å²) in [5.41, 5.74) is 4.14. The van der Waals surface area contributed by atoms with E-state index in [-0.39, 0.29) is 24.4 Å². The standard InChI is InChI=1S/C10H13N3O4S/c11-10(9(14)15)3-5-13(7-10)18(16,17)8-2-1-4-12-6-8/h1-2,4,6H,3,5,7,11H2,(H,14,15). The number of aliphatic carboxylic acids is 1. The monoisotopic (exact) mass is 271 g/mol. The van der Waals surface area contributed by atoms with Gasteiger partial charge in [0.1, 0.15) is 10.4 Å². The van der Waals surface area contributed by atoms with Crippen LogP contribution in [0.15, 0.2) is 29.4 Å². The molecule has 2 heterocycles. The highest BCUT2D eigenvalue weighted by Gasteiger charge is 2.45. The molecule has 1 fully saturated rings. The van der Waals surface area contributed by atoms with E-state index in [1.54, 1.807) is 0 Å². The summed E-state index contributed by atoms with van der Waals surface area (Å²) < 4.78 is 25.4. The summed E-state index contributed by atoms with van der Waals surface area (Å²) in [5.74, 6) is -1.19. The summed E-state index contributed by atoms with van der Waals surface area (Å²) in [6.45, 7) is -0.125. The van der Waals surface area contributed by atoms with Crippen LogP contribution in [0, 0.1) is 0 Å². The van der Waals surface area contributed by atoms with Gasteiger partial charge in [-0.3, -0.25) is 9.78 Å². The van der Waals surface area contributed by atoms with E-state index in [4.69, 9.17) is 10.8 Å². The zero-order chi connectivity index (χ0) is 13.4. The van der Waals surface area contributed by atoms with Gasteiger partial charge in [0.2, 0.25) is 10.0 Å². The maximum absolute atomic E-state index is 12.2. The number of nitrogens with zero attached hydrogens (tertiary/aromatic N) is 2. The average molecular weight is 271 g/mol. The number of pyridine rings is 1. The molecule has 0 saturated carbocycles. The first-order valence-electron chi connectivity index (χ1n) is 5.29. The van der Waals surface area contributed by atoms with Crippen molar-refractivity contribution in [2.45, 2.75) is 16.9 Å². The van der Waals surface area contributed by atoms with Crippen LogP contribution in [0.1, 0.15) is 6.42 Å². The summed E-state index contributed by atoms with van der Waals surface area (Å²) in [5, 5.41) is 8.97. The van der Waals surface area contributed by atoms with Gasteiger partial charge in [-0.1, -0.05) is 0 Å². The van der Waals surface area contributed by atoms with Crippen LogP contribution in [0.2, 0.25) is 0 Å². The Morgan fingerprint density at radius 2 is 2.28 bits per heavy atom. The highest BCUT2D eigenvalue weighted by atomic mass is 32.2. The SMILES string of the molecule is NC1(C(=O)O)CCN(S(=O)(=O)c2cccnc2)C1. The molecule has 1 aliphatic rings. The van der Waals surface area contributed by atoms with E-state index in [2.05, 4.69) is 4.98 Å². The molecular weight excluding hydrogens is 258 g/mol. The van der Waals surface area contributed by atoms with Gasteiger partial charge in [-0.2, -0.15) is 4.31 Å². The molecule has 1 aromatic rings. The van der Waals surface area contributed by atoms with Crippen molar-refractivity contribution in [2.75, 3.05) is 13.1 Å². The maximum Gasteiger partial charge on any atom is 0.325 e. The molecule has 0 amide bonds. The van der Waals surface area contributed by atoms with E-state index < -0.39 is 21.5 Å². The summed E-state index contributed by atoms with van der Waals surface area (Å²) in [6.07, 6.45) is 2.79. The summed E-state index contributed by atoms with van der Waals surface area (Å²) >= 11 is 0. The van der Waals surface area contributed by atoms with E-state index in [0.717, 1.165) is 4.31 Å². The lowest BCUT2D eigenvalue weighted by atomic mass is 10.0. The maximum atomic E-state index is 12.2. The topological polar surface area (TPSA) is 114 Å². The first kappa shape index (κ1) is 12.9. The largest absolute Gasteiger partial charge is 0.480 e. The Kier molecular flexibility index (Phi) is 3.09. The van der Waals surface area contributed by atoms with Gasteiger partial charge < -0.3 is 10.8 Å². The second kappa shape index (κ2) is 4.30. The molecule has 0 spiro atoms. The van der Waals surface area contributed by atoms with Crippen molar-refractivity contribution >= 4 is 16.0 Å². The molecule has 2 rings (SSSR count). The molecule has 1 aliphatic heterocycles. The highest BCUT2D eigenvalue weighted by molar-refractivity contribution is 7.89. The quantitative estimate of drug-likeness (QED) is 0.748. The lowest BCUT2D eigenvalue weighted by Gasteiger charge is -2.19. The van der Waals surface area contributed by atoms with E-state index in [0.29, 0.717) is 0 Å². The number of aromatic nitrogens is 1. The number of carbonyl (C=O) groups is 1. The van der Waals surface area contributed by atoms with E-state index >= 15 is 0 Å². The first-order valence-corrected chi connectivity index (χ1v) is 6.73. The number of rotatable bonds is 3. The molecular formula is C10H13N3O4S. The van der Waals surface area contributed by atoms with E-state index in [1.165, 1.54) is 24.5 Å². The fourth-order valence-electron chi connectivity index (χ4n) is 1.83. The Bertz CT molecular complexity index is 560. The number of carboxylic acids is 1. The number of sulfonamides is 1. The van der Waals surface area contributed by atoms with Gasteiger partial charge in [-0.25, -0.2) is 8.42 Å². The average Bonchev–Trinajstić information content (AvgIpc) is 2.75. The summed E-state index contributed by atoms with van der Waals surface area (Å²) in [7, 11) is -3.72. The minimum Gasteiger partial charge on any atom is -0.480 e. The fourth-order valence-corrected chi connectivity index (χ4v) is 3.30. The van der Waals surface area contributed by atoms with Crippen LogP contribution in [0.4, 0.5) is 0 Å². The Labute approximate surface area is 104 Å². The minimum absolute atomic E-state index is 0.0413. The molecule has 0 aliphatic carbocycles. The van der Waals surface area contributed by atoms with Gasteiger partial charge >= 0.3 is 5.97 Å².